The van der Waals surface area contributed by atoms with Gasteiger partial charge in [-0.2, -0.15) is 0 Å². The van der Waals surface area contributed by atoms with E-state index in [4.69, 9.17) is 30.4 Å². The molecule has 0 spiro atoms. The van der Waals surface area contributed by atoms with Gasteiger partial charge in [-0.15, -0.1) is 0 Å². The fourth-order valence-corrected chi connectivity index (χ4v) is 2.64. The van der Waals surface area contributed by atoms with Crippen LogP contribution in [0.2, 0.25) is 5.02 Å². The zero-order chi connectivity index (χ0) is 18.0. The highest BCUT2D eigenvalue weighted by Crippen LogP contribution is 2.34. The molecule has 8 nitrogen and oxygen atoms in total. The molecule has 1 atom stereocenters. The minimum absolute atomic E-state index is 0.266. The lowest BCUT2D eigenvalue weighted by Crippen LogP contribution is -2.28. The number of hydrogen-bond acceptors (Lipinski definition) is 7. The lowest BCUT2D eigenvalue weighted by atomic mass is 10.0. The Hall–Kier alpha value is -2.74. The number of amides is 1. The second-order valence-electron chi connectivity index (χ2n) is 5.34. The second kappa shape index (κ2) is 7.02. The Morgan fingerprint density at radius 2 is 2.04 bits per heavy atom. The number of methoxy groups -OCH3 is 2. The molecule has 0 aliphatic carbocycles. The Labute approximate surface area is 148 Å². The maximum atomic E-state index is 12.3. The van der Waals surface area contributed by atoms with Crippen LogP contribution in [0.3, 0.4) is 0 Å². The highest BCUT2D eigenvalue weighted by atomic mass is 35.5. The van der Waals surface area contributed by atoms with Crippen molar-refractivity contribution in [2.45, 2.75) is 19.4 Å². The molecule has 1 amide bonds. The van der Waals surface area contributed by atoms with Crippen LogP contribution in [0.1, 0.15) is 17.7 Å². The van der Waals surface area contributed by atoms with Crippen LogP contribution < -0.4 is 14.8 Å². The van der Waals surface area contributed by atoms with Gasteiger partial charge in [0.1, 0.15) is 17.3 Å². The molecule has 0 radical (unpaired) electrons. The number of carbonyl (C=O) groups is 1. The first-order valence-corrected chi connectivity index (χ1v) is 7.78. The van der Waals surface area contributed by atoms with E-state index in [0.717, 1.165) is 0 Å². The van der Waals surface area contributed by atoms with Crippen LogP contribution in [0.5, 0.6) is 11.5 Å². The molecule has 0 unspecified atom stereocenters. The second-order valence-corrected chi connectivity index (χ2v) is 5.74. The molecule has 25 heavy (non-hydrogen) atoms. The Bertz CT molecular complexity index is 833. The number of nitrogens with zero attached hydrogens (tertiary/aromatic N) is 2. The highest BCUT2D eigenvalue weighted by molar-refractivity contribution is 6.32. The molecule has 1 aliphatic heterocycles. The number of benzene rings is 1. The number of ether oxygens (including phenoxy) is 2. The third-order valence-corrected chi connectivity index (χ3v) is 3.92. The molecule has 2 aromatic rings. The SMILES string of the molecule is COc1cc(OC)c(C2=NO[C@@H](C(=O)Nc3cc(C)on3)C2)cc1Cl. The summed E-state index contributed by atoms with van der Waals surface area (Å²) in [4.78, 5) is 17.5. The summed E-state index contributed by atoms with van der Waals surface area (Å²) in [6.07, 6.45) is -0.514. The lowest BCUT2D eigenvalue weighted by Gasteiger charge is -2.11. The first-order chi connectivity index (χ1) is 12.0. The molecule has 0 saturated heterocycles. The van der Waals surface area contributed by atoms with Crippen LogP contribution in [0.15, 0.2) is 27.9 Å². The average molecular weight is 366 g/mol. The van der Waals surface area contributed by atoms with Gasteiger partial charge in [-0.05, 0) is 13.0 Å². The number of aryl methyl sites for hydroxylation is 1. The van der Waals surface area contributed by atoms with Crippen molar-refractivity contribution >= 4 is 29.0 Å². The van der Waals surface area contributed by atoms with Crippen molar-refractivity contribution in [3.8, 4) is 11.5 Å². The van der Waals surface area contributed by atoms with Crippen molar-refractivity contribution in [1.29, 1.82) is 0 Å². The standard InChI is InChI=1S/C16H16ClN3O5/c1-8-4-15(20-24-8)18-16(21)14-6-11(19-25-14)9-5-10(17)13(23-3)7-12(9)22-2/h4-5,7,14H,6H2,1-3H3,(H,18,20,21)/t14-/m1/s1. The molecule has 9 heteroatoms. The Morgan fingerprint density at radius 3 is 2.68 bits per heavy atom. The minimum atomic E-state index is -0.780. The van der Waals surface area contributed by atoms with Gasteiger partial charge < -0.3 is 24.2 Å². The lowest BCUT2D eigenvalue weighted by molar-refractivity contribution is -0.125. The fraction of sp³-hybridized carbons (Fsp3) is 0.312. The molecule has 0 saturated carbocycles. The zero-order valence-electron chi connectivity index (χ0n) is 13.8. The molecule has 0 fully saturated rings. The van der Waals surface area contributed by atoms with E-state index in [1.54, 1.807) is 25.1 Å². The van der Waals surface area contributed by atoms with Crippen molar-refractivity contribution in [2.24, 2.45) is 5.16 Å². The summed E-state index contributed by atoms with van der Waals surface area (Å²) < 4.78 is 15.4. The van der Waals surface area contributed by atoms with E-state index < -0.39 is 6.10 Å². The zero-order valence-corrected chi connectivity index (χ0v) is 14.6. The van der Waals surface area contributed by atoms with Crippen LogP contribution in [0.25, 0.3) is 0 Å². The third kappa shape index (κ3) is 3.53. The maximum absolute atomic E-state index is 12.3. The van der Waals surface area contributed by atoms with Crippen molar-refractivity contribution < 1.29 is 23.6 Å². The average Bonchev–Trinajstić information content (AvgIpc) is 3.24. The summed E-state index contributed by atoms with van der Waals surface area (Å²) in [6, 6.07) is 4.94. The maximum Gasteiger partial charge on any atom is 0.269 e. The molecule has 1 N–H and O–H groups in total. The van der Waals surface area contributed by atoms with Gasteiger partial charge in [0.2, 0.25) is 6.10 Å². The number of oxime groups is 1. The Balaban J connectivity index is 1.74. The van der Waals surface area contributed by atoms with Crippen LogP contribution in [0, 0.1) is 6.92 Å². The highest BCUT2D eigenvalue weighted by Gasteiger charge is 2.31. The van der Waals surface area contributed by atoms with Gasteiger partial charge in [-0.25, -0.2) is 0 Å². The van der Waals surface area contributed by atoms with Gasteiger partial charge in [0.15, 0.2) is 5.82 Å². The quantitative estimate of drug-likeness (QED) is 0.875. The summed E-state index contributed by atoms with van der Waals surface area (Å²) in [5, 5.41) is 10.7. The van der Waals surface area contributed by atoms with E-state index >= 15 is 0 Å². The van der Waals surface area contributed by atoms with Crippen molar-refractivity contribution in [2.75, 3.05) is 19.5 Å². The first kappa shape index (κ1) is 17.1. The number of aromatic nitrogens is 1. The normalized spacial score (nSPS) is 16.2. The summed E-state index contributed by atoms with van der Waals surface area (Å²) in [5.41, 5.74) is 1.19. The van der Waals surface area contributed by atoms with E-state index in [9.17, 15) is 4.79 Å². The number of hydrogen-bond donors (Lipinski definition) is 1. The van der Waals surface area contributed by atoms with E-state index in [-0.39, 0.29) is 12.3 Å². The van der Waals surface area contributed by atoms with Gasteiger partial charge in [0.25, 0.3) is 5.91 Å². The molecular formula is C16H16ClN3O5. The molecule has 132 valence electrons. The van der Waals surface area contributed by atoms with Gasteiger partial charge in [-0.1, -0.05) is 21.9 Å². The van der Waals surface area contributed by atoms with Crippen LogP contribution in [0.4, 0.5) is 5.82 Å². The summed E-state index contributed by atoms with van der Waals surface area (Å²) in [5.74, 6) is 1.56. The predicted octanol–water partition coefficient (Wildman–Crippen LogP) is 2.79. The predicted molar refractivity (Wildman–Crippen MR) is 90.5 cm³/mol. The number of nitrogens with one attached hydrogen (secondary N) is 1. The molecule has 2 heterocycles. The number of halogens is 1. The van der Waals surface area contributed by atoms with Crippen LogP contribution in [-0.4, -0.2) is 37.1 Å². The molecule has 3 rings (SSSR count). The largest absolute Gasteiger partial charge is 0.496 e. The Kier molecular flexibility index (Phi) is 4.80. The van der Waals surface area contributed by atoms with Gasteiger partial charge in [0.05, 0.1) is 25.0 Å². The summed E-state index contributed by atoms with van der Waals surface area (Å²) in [6.45, 7) is 1.73. The number of rotatable bonds is 5. The van der Waals surface area contributed by atoms with Crippen molar-refractivity contribution in [3.63, 3.8) is 0 Å². The molecular weight excluding hydrogens is 350 g/mol. The number of carbonyl (C=O) groups excluding carboxylic acids is 1. The summed E-state index contributed by atoms with van der Waals surface area (Å²) in [7, 11) is 3.04. The van der Waals surface area contributed by atoms with Gasteiger partial charge in [-0.3, -0.25) is 4.79 Å². The fourth-order valence-electron chi connectivity index (χ4n) is 2.39. The summed E-state index contributed by atoms with van der Waals surface area (Å²) >= 11 is 6.17. The third-order valence-electron chi connectivity index (χ3n) is 3.63. The molecule has 1 aliphatic rings. The minimum Gasteiger partial charge on any atom is -0.496 e. The van der Waals surface area contributed by atoms with Crippen molar-refractivity contribution in [1.82, 2.24) is 5.16 Å². The van der Waals surface area contributed by atoms with Crippen molar-refractivity contribution in [3.05, 3.63) is 34.5 Å². The Morgan fingerprint density at radius 1 is 1.28 bits per heavy atom. The molecule has 1 aromatic carbocycles. The first-order valence-electron chi connectivity index (χ1n) is 7.40. The smallest absolute Gasteiger partial charge is 0.269 e. The topological polar surface area (TPSA) is 95.2 Å². The van der Waals surface area contributed by atoms with E-state index in [0.29, 0.717) is 39.4 Å². The van der Waals surface area contributed by atoms with Crippen LogP contribution in [-0.2, 0) is 9.63 Å². The monoisotopic (exact) mass is 365 g/mol. The molecule has 0 bridgehead atoms. The molecule has 1 aromatic heterocycles. The number of anilines is 1. The van der Waals surface area contributed by atoms with E-state index in [1.165, 1.54) is 14.2 Å². The van der Waals surface area contributed by atoms with Gasteiger partial charge in [0, 0.05) is 24.1 Å². The van der Waals surface area contributed by atoms with E-state index in [2.05, 4.69) is 15.6 Å². The van der Waals surface area contributed by atoms with E-state index in [1.807, 2.05) is 0 Å². The van der Waals surface area contributed by atoms with Crippen LogP contribution >= 0.6 is 11.6 Å². The van der Waals surface area contributed by atoms with Gasteiger partial charge >= 0.3 is 0 Å².